The molecule has 2 rings (SSSR count). The summed E-state index contributed by atoms with van der Waals surface area (Å²) in [6.07, 6.45) is 3.30. The van der Waals surface area contributed by atoms with Gasteiger partial charge in [0.05, 0.1) is 5.56 Å². The second-order valence-electron chi connectivity index (χ2n) is 4.79. The lowest BCUT2D eigenvalue weighted by Gasteiger charge is -2.16. The van der Waals surface area contributed by atoms with Gasteiger partial charge in [-0.1, -0.05) is 34.5 Å². The lowest BCUT2D eigenvalue weighted by Crippen LogP contribution is -2.31. The van der Waals surface area contributed by atoms with Crippen LogP contribution in [0.4, 0.5) is 8.78 Å². The van der Waals surface area contributed by atoms with Crippen molar-refractivity contribution in [2.45, 2.75) is 30.7 Å². The number of halogens is 3. The van der Waals surface area contributed by atoms with E-state index in [2.05, 4.69) is 26.0 Å². The molecule has 0 radical (unpaired) electrons. The molecule has 1 aromatic carbocycles. The Bertz CT molecular complexity index is 470. The van der Waals surface area contributed by atoms with Crippen molar-refractivity contribution in [2.24, 2.45) is 5.92 Å². The number of benzene rings is 1. The molecule has 0 bridgehead atoms. The number of amides is 1. The first-order chi connectivity index (χ1) is 9.58. The molecule has 3 nitrogen and oxygen atoms in total. The van der Waals surface area contributed by atoms with E-state index in [-0.39, 0.29) is 17.2 Å². The third-order valence-electron chi connectivity index (χ3n) is 3.44. The molecule has 1 saturated carbocycles. The first-order valence-electron chi connectivity index (χ1n) is 6.54. The van der Waals surface area contributed by atoms with Gasteiger partial charge in [0.25, 0.3) is 5.91 Å². The molecule has 1 aliphatic carbocycles. The summed E-state index contributed by atoms with van der Waals surface area (Å²) < 4.78 is 28.9. The summed E-state index contributed by atoms with van der Waals surface area (Å²) in [5.41, 5.74) is 0.136. The van der Waals surface area contributed by atoms with Crippen LogP contribution in [0, 0.1) is 5.92 Å². The molecule has 1 aromatic rings. The molecule has 1 N–H and O–H groups in total. The van der Waals surface area contributed by atoms with Crippen molar-refractivity contribution in [3.8, 4) is 5.75 Å². The number of carbonyl (C=O) groups is 1. The zero-order valence-electron chi connectivity index (χ0n) is 10.8. The number of rotatable bonds is 5. The third-order valence-corrected chi connectivity index (χ3v) is 4.64. The van der Waals surface area contributed by atoms with E-state index in [0.29, 0.717) is 17.3 Å². The topological polar surface area (TPSA) is 38.3 Å². The summed E-state index contributed by atoms with van der Waals surface area (Å²) in [7, 11) is 0. The maximum atomic E-state index is 12.3. The van der Waals surface area contributed by atoms with Crippen molar-refractivity contribution in [1.82, 2.24) is 5.32 Å². The monoisotopic (exact) mass is 347 g/mol. The minimum absolute atomic E-state index is 0.0955. The predicted molar refractivity (Wildman–Crippen MR) is 75.5 cm³/mol. The number of ether oxygens (including phenoxy) is 1. The van der Waals surface area contributed by atoms with E-state index in [1.54, 1.807) is 12.1 Å². The summed E-state index contributed by atoms with van der Waals surface area (Å²) in [6.45, 7) is -2.40. The summed E-state index contributed by atoms with van der Waals surface area (Å²) in [5.74, 6) is -0.0863. The van der Waals surface area contributed by atoms with E-state index in [1.165, 1.54) is 12.1 Å². The fraction of sp³-hybridized carbons (Fsp3) is 0.500. The lowest BCUT2D eigenvalue weighted by molar-refractivity contribution is -0.0501. The van der Waals surface area contributed by atoms with Crippen molar-refractivity contribution in [3.05, 3.63) is 29.8 Å². The summed E-state index contributed by atoms with van der Waals surface area (Å²) in [4.78, 5) is 12.5. The van der Waals surface area contributed by atoms with E-state index < -0.39 is 6.61 Å². The van der Waals surface area contributed by atoms with Gasteiger partial charge >= 0.3 is 6.61 Å². The van der Waals surface area contributed by atoms with Crippen LogP contribution in [0.25, 0.3) is 0 Å². The third kappa shape index (κ3) is 3.91. The van der Waals surface area contributed by atoms with Crippen LogP contribution in [0.3, 0.4) is 0 Å². The molecule has 0 heterocycles. The minimum Gasteiger partial charge on any atom is -0.434 e. The van der Waals surface area contributed by atoms with Crippen molar-refractivity contribution in [3.63, 3.8) is 0 Å². The molecule has 2 unspecified atom stereocenters. The molecule has 1 amide bonds. The Hall–Kier alpha value is -1.17. The van der Waals surface area contributed by atoms with E-state index in [1.807, 2.05) is 0 Å². The highest BCUT2D eigenvalue weighted by Crippen LogP contribution is 2.31. The van der Waals surface area contributed by atoms with Gasteiger partial charge < -0.3 is 10.1 Å². The Morgan fingerprint density at radius 1 is 1.40 bits per heavy atom. The zero-order chi connectivity index (χ0) is 14.5. The Labute approximate surface area is 124 Å². The van der Waals surface area contributed by atoms with E-state index in [4.69, 9.17) is 0 Å². The highest BCUT2D eigenvalue weighted by atomic mass is 79.9. The lowest BCUT2D eigenvalue weighted by atomic mass is 10.1. The molecule has 0 spiro atoms. The van der Waals surface area contributed by atoms with Crippen LogP contribution < -0.4 is 10.1 Å². The standard InChI is InChI=1S/C14H16BrF2NO2/c15-11-6-3-4-9(11)8-18-13(19)10-5-1-2-7-12(10)20-14(16)17/h1-2,5,7,9,11,14H,3-4,6,8H2,(H,18,19). The Kier molecular flexibility index (Phi) is 5.34. The van der Waals surface area contributed by atoms with Crippen LogP contribution in [0.15, 0.2) is 24.3 Å². The first-order valence-corrected chi connectivity index (χ1v) is 7.45. The van der Waals surface area contributed by atoms with E-state index in [9.17, 15) is 13.6 Å². The van der Waals surface area contributed by atoms with Crippen LogP contribution in [-0.2, 0) is 0 Å². The van der Waals surface area contributed by atoms with Gasteiger partial charge in [0.2, 0.25) is 0 Å². The molecule has 1 aliphatic rings. The first kappa shape index (κ1) is 15.2. The van der Waals surface area contributed by atoms with Gasteiger partial charge in [0.15, 0.2) is 0 Å². The normalized spacial score (nSPS) is 22.0. The summed E-state index contributed by atoms with van der Waals surface area (Å²) >= 11 is 3.58. The highest BCUT2D eigenvalue weighted by Gasteiger charge is 2.25. The molecular weight excluding hydrogens is 332 g/mol. The number of alkyl halides is 3. The van der Waals surface area contributed by atoms with Crippen molar-refractivity contribution in [1.29, 1.82) is 0 Å². The fourth-order valence-corrected chi connectivity index (χ4v) is 3.17. The quantitative estimate of drug-likeness (QED) is 0.826. The summed E-state index contributed by atoms with van der Waals surface area (Å²) in [5, 5.41) is 2.79. The fourth-order valence-electron chi connectivity index (χ4n) is 2.39. The van der Waals surface area contributed by atoms with Gasteiger partial charge in [-0.3, -0.25) is 4.79 Å². The molecule has 0 aromatic heterocycles. The molecule has 20 heavy (non-hydrogen) atoms. The maximum absolute atomic E-state index is 12.3. The van der Waals surface area contributed by atoms with Crippen LogP contribution in [0.1, 0.15) is 29.6 Å². The van der Waals surface area contributed by atoms with Crippen LogP contribution >= 0.6 is 15.9 Å². The molecule has 2 atom stereocenters. The summed E-state index contributed by atoms with van der Waals surface area (Å²) in [6, 6.07) is 6.02. The van der Waals surface area contributed by atoms with Crippen molar-refractivity contribution >= 4 is 21.8 Å². The number of hydrogen-bond donors (Lipinski definition) is 1. The van der Waals surface area contributed by atoms with Gasteiger partial charge in [0, 0.05) is 11.4 Å². The van der Waals surface area contributed by atoms with Crippen LogP contribution in [0.5, 0.6) is 5.75 Å². The molecular formula is C14H16BrF2NO2. The number of nitrogens with one attached hydrogen (secondary N) is 1. The zero-order valence-corrected chi connectivity index (χ0v) is 12.4. The molecule has 0 saturated heterocycles. The largest absolute Gasteiger partial charge is 0.434 e. The molecule has 6 heteroatoms. The Morgan fingerprint density at radius 2 is 2.15 bits per heavy atom. The van der Waals surface area contributed by atoms with Gasteiger partial charge in [-0.2, -0.15) is 8.78 Å². The van der Waals surface area contributed by atoms with Crippen LogP contribution in [-0.4, -0.2) is 23.9 Å². The van der Waals surface area contributed by atoms with Gasteiger partial charge in [-0.05, 0) is 30.9 Å². The molecule has 1 fully saturated rings. The second kappa shape index (κ2) is 7.02. The smallest absolute Gasteiger partial charge is 0.387 e. The maximum Gasteiger partial charge on any atom is 0.387 e. The van der Waals surface area contributed by atoms with Crippen molar-refractivity contribution < 1.29 is 18.3 Å². The average Bonchev–Trinajstić information content (AvgIpc) is 2.81. The highest BCUT2D eigenvalue weighted by molar-refractivity contribution is 9.09. The van der Waals surface area contributed by atoms with E-state index in [0.717, 1.165) is 19.3 Å². The number of carbonyl (C=O) groups excluding carboxylic acids is 1. The SMILES string of the molecule is O=C(NCC1CCCC1Br)c1ccccc1OC(F)F. The van der Waals surface area contributed by atoms with Crippen molar-refractivity contribution in [2.75, 3.05) is 6.54 Å². The van der Waals surface area contributed by atoms with Gasteiger partial charge in [-0.25, -0.2) is 0 Å². The minimum atomic E-state index is -2.94. The van der Waals surface area contributed by atoms with Gasteiger partial charge in [0.1, 0.15) is 5.75 Å². The predicted octanol–water partition coefficient (Wildman–Crippen LogP) is 3.58. The Balaban J connectivity index is 1.98. The van der Waals surface area contributed by atoms with E-state index >= 15 is 0 Å². The molecule has 0 aliphatic heterocycles. The average molecular weight is 348 g/mol. The second-order valence-corrected chi connectivity index (χ2v) is 5.97. The van der Waals surface area contributed by atoms with Crippen LogP contribution in [0.2, 0.25) is 0 Å². The number of hydrogen-bond acceptors (Lipinski definition) is 2. The van der Waals surface area contributed by atoms with Gasteiger partial charge in [-0.15, -0.1) is 0 Å². The number of para-hydroxylation sites is 1. The molecule has 110 valence electrons. The Morgan fingerprint density at radius 3 is 2.80 bits per heavy atom.